The van der Waals surface area contributed by atoms with Gasteiger partial charge in [0.2, 0.25) is 0 Å². The maximum absolute atomic E-state index is 5.55. The SMILES string of the molecule is CCCN(c1cncc(CN)n1)C(C)C. The molecule has 15 heavy (non-hydrogen) atoms. The molecule has 0 atom stereocenters. The predicted octanol–water partition coefficient (Wildman–Crippen LogP) is 1.56. The van der Waals surface area contributed by atoms with Crippen LogP contribution >= 0.6 is 0 Å². The molecule has 4 heteroatoms. The molecule has 0 saturated carbocycles. The highest BCUT2D eigenvalue weighted by Gasteiger charge is 2.11. The molecule has 0 aliphatic heterocycles. The molecule has 0 radical (unpaired) electrons. The van der Waals surface area contributed by atoms with Gasteiger partial charge in [-0.1, -0.05) is 6.92 Å². The normalized spacial score (nSPS) is 10.7. The highest BCUT2D eigenvalue weighted by molar-refractivity contribution is 5.37. The lowest BCUT2D eigenvalue weighted by atomic mass is 10.3. The van der Waals surface area contributed by atoms with Crippen molar-refractivity contribution in [1.29, 1.82) is 0 Å². The molecule has 0 spiro atoms. The Labute approximate surface area is 91.5 Å². The van der Waals surface area contributed by atoms with Crippen molar-refractivity contribution in [1.82, 2.24) is 9.97 Å². The summed E-state index contributed by atoms with van der Waals surface area (Å²) in [7, 11) is 0. The molecule has 0 saturated heterocycles. The Morgan fingerprint density at radius 2 is 2.13 bits per heavy atom. The minimum atomic E-state index is 0.437. The van der Waals surface area contributed by atoms with E-state index in [0.29, 0.717) is 12.6 Å². The third kappa shape index (κ3) is 3.16. The lowest BCUT2D eigenvalue weighted by Crippen LogP contribution is -2.32. The first-order valence-corrected chi connectivity index (χ1v) is 5.46. The number of aromatic nitrogens is 2. The molecule has 1 heterocycles. The van der Waals surface area contributed by atoms with Gasteiger partial charge in [0.05, 0.1) is 11.9 Å². The quantitative estimate of drug-likeness (QED) is 0.798. The van der Waals surface area contributed by atoms with Gasteiger partial charge in [0.15, 0.2) is 0 Å². The van der Waals surface area contributed by atoms with Gasteiger partial charge in [0, 0.05) is 25.3 Å². The fraction of sp³-hybridized carbons (Fsp3) is 0.636. The van der Waals surface area contributed by atoms with Gasteiger partial charge in [-0.2, -0.15) is 0 Å². The first-order valence-electron chi connectivity index (χ1n) is 5.46. The molecule has 0 aromatic carbocycles. The van der Waals surface area contributed by atoms with Gasteiger partial charge < -0.3 is 10.6 Å². The molecule has 0 aliphatic rings. The smallest absolute Gasteiger partial charge is 0.147 e. The average molecular weight is 208 g/mol. The summed E-state index contributed by atoms with van der Waals surface area (Å²) in [4.78, 5) is 10.9. The van der Waals surface area contributed by atoms with Gasteiger partial charge >= 0.3 is 0 Å². The number of anilines is 1. The van der Waals surface area contributed by atoms with Crippen LogP contribution in [0.4, 0.5) is 5.82 Å². The molecule has 0 amide bonds. The summed E-state index contributed by atoms with van der Waals surface area (Å²) in [5.41, 5.74) is 6.39. The van der Waals surface area contributed by atoms with Gasteiger partial charge in [0.25, 0.3) is 0 Å². The van der Waals surface area contributed by atoms with Crippen LogP contribution in [0.3, 0.4) is 0 Å². The molecule has 1 rings (SSSR count). The van der Waals surface area contributed by atoms with Crippen LogP contribution in [0.2, 0.25) is 0 Å². The second kappa shape index (κ2) is 5.66. The molecule has 0 aliphatic carbocycles. The number of nitrogens with two attached hydrogens (primary N) is 1. The van der Waals surface area contributed by atoms with E-state index in [1.807, 2.05) is 0 Å². The summed E-state index contributed by atoms with van der Waals surface area (Å²) in [6.07, 6.45) is 4.62. The highest BCUT2D eigenvalue weighted by Crippen LogP contribution is 2.13. The zero-order chi connectivity index (χ0) is 11.3. The average Bonchev–Trinajstić information content (AvgIpc) is 2.25. The maximum atomic E-state index is 5.55. The Hall–Kier alpha value is -1.16. The summed E-state index contributed by atoms with van der Waals surface area (Å²) in [5.74, 6) is 0.926. The van der Waals surface area contributed by atoms with Crippen molar-refractivity contribution < 1.29 is 0 Å². The number of hydrogen-bond donors (Lipinski definition) is 1. The Balaban J connectivity index is 2.89. The fourth-order valence-electron chi connectivity index (χ4n) is 1.51. The van der Waals surface area contributed by atoms with Crippen LogP contribution in [-0.2, 0) is 6.54 Å². The van der Waals surface area contributed by atoms with Crippen molar-refractivity contribution in [3.63, 3.8) is 0 Å². The number of nitrogens with zero attached hydrogens (tertiary/aromatic N) is 3. The Morgan fingerprint density at radius 3 is 2.67 bits per heavy atom. The van der Waals surface area contributed by atoms with Crippen molar-refractivity contribution in [2.75, 3.05) is 11.4 Å². The van der Waals surface area contributed by atoms with Crippen LogP contribution in [0.15, 0.2) is 12.4 Å². The fourth-order valence-corrected chi connectivity index (χ4v) is 1.51. The third-order valence-corrected chi connectivity index (χ3v) is 2.26. The van der Waals surface area contributed by atoms with Crippen molar-refractivity contribution >= 4 is 5.82 Å². The van der Waals surface area contributed by atoms with Crippen molar-refractivity contribution in [3.05, 3.63) is 18.1 Å². The molecule has 1 aromatic rings. The largest absolute Gasteiger partial charge is 0.353 e. The lowest BCUT2D eigenvalue weighted by Gasteiger charge is -2.27. The van der Waals surface area contributed by atoms with E-state index in [4.69, 9.17) is 5.73 Å². The monoisotopic (exact) mass is 208 g/mol. The van der Waals surface area contributed by atoms with Crippen molar-refractivity contribution in [2.24, 2.45) is 5.73 Å². The summed E-state index contributed by atoms with van der Waals surface area (Å²) < 4.78 is 0. The van der Waals surface area contributed by atoms with Gasteiger partial charge in [-0.25, -0.2) is 4.98 Å². The van der Waals surface area contributed by atoms with Crippen LogP contribution in [0.5, 0.6) is 0 Å². The maximum Gasteiger partial charge on any atom is 0.147 e. The van der Waals surface area contributed by atoms with Crippen LogP contribution in [0.1, 0.15) is 32.9 Å². The summed E-state index contributed by atoms with van der Waals surface area (Å²) in [5, 5.41) is 0. The Kier molecular flexibility index (Phi) is 4.49. The standard InChI is InChI=1S/C11H20N4/c1-4-5-15(9(2)3)11-8-13-7-10(6-12)14-11/h7-9H,4-6,12H2,1-3H3. The van der Waals surface area contributed by atoms with E-state index in [1.54, 1.807) is 12.4 Å². The third-order valence-electron chi connectivity index (χ3n) is 2.26. The first kappa shape index (κ1) is 11.9. The summed E-state index contributed by atoms with van der Waals surface area (Å²) >= 11 is 0. The van der Waals surface area contributed by atoms with Crippen molar-refractivity contribution in [3.8, 4) is 0 Å². The zero-order valence-electron chi connectivity index (χ0n) is 9.77. The van der Waals surface area contributed by atoms with Crippen LogP contribution in [0.25, 0.3) is 0 Å². The van der Waals surface area contributed by atoms with Crippen LogP contribution in [0, 0.1) is 0 Å². The molecule has 2 N–H and O–H groups in total. The molecule has 0 fully saturated rings. The first-order chi connectivity index (χ1) is 7.19. The van der Waals surface area contributed by atoms with Crippen LogP contribution in [-0.4, -0.2) is 22.6 Å². The molecule has 1 aromatic heterocycles. The van der Waals surface area contributed by atoms with Gasteiger partial charge in [-0.05, 0) is 20.3 Å². The van der Waals surface area contributed by atoms with E-state index in [-0.39, 0.29) is 0 Å². The van der Waals surface area contributed by atoms with Crippen LogP contribution < -0.4 is 10.6 Å². The highest BCUT2D eigenvalue weighted by atomic mass is 15.2. The molecule has 84 valence electrons. The molecule has 4 nitrogen and oxygen atoms in total. The zero-order valence-corrected chi connectivity index (χ0v) is 9.77. The number of hydrogen-bond acceptors (Lipinski definition) is 4. The second-order valence-corrected chi connectivity index (χ2v) is 3.86. The summed E-state index contributed by atoms with van der Waals surface area (Å²) in [6.45, 7) is 7.92. The van der Waals surface area contributed by atoms with E-state index in [9.17, 15) is 0 Å². The van der Waals surface area contributed by atoms with Gasteiger partial charge in [-0.3, -0.25) is 4.98 Å². The Morgan fingerprint density at radius 1 is 1.40 bits per heavy atom. The number of rotatable bonds is 5. The Bertz CT molecular complexity index is 298. The van der Waals surface area contributed by atoms with Crippen molar-refractivity contribution in [2.45, 2.75) is 39.8 Å². The molecule has 0 unspecified atom stereocenters. The predicted molar refractivity (Wildman–Crippen MR) is 62.7 cm³/mol. The molecule has 0 bridgehead atoms. The molecular formula is C11H20N4. The topological polar surface area (TPSA) is 55.0 Å². The second-order valence-electron chi connectivity index (χ2n) is 3.86. The van der Waals surface area contributed by atoms with E-state index in [2.05, 4.69) is 35.6 Å². The van der Waals surface area contributed by atoms with E-state index in [0.717, 1.165) is 24.5 Å². The van der Waals surface area contributed by atoms with E-state index in [1.165, 1.54) is 0 Å². The summed E-state index contributed by atoms with van der Waals surface area (Å²) in [6, 6.07) is 0.437. The van der Waals surface area contributed by atoms with E-state index >= 15 is 0 Å². The van der Waals surface area contributed by atoms with E-state index < -0.39 is 0 Å². The minimum absolute atomic E-state index is 0.437. The lowest BCUT2D eigenvalue weighted by molar-refractivity contribution is 0.658. The molecular weight excluding hydrogens is 188 g/mol. The van der Waals surface area contributed by atoms with Gasteiger partial charge in [-0.15, -0.1) is 0 Å². The van der Waals surface area contributed by atoms with Gasteiger partial charge in [0.1, 0.15) is 5.82 Å². The minimum Gasteiger partial charge on any atom is -0.353 e.